The highest BCUT2D eigenvalue weighted by Gasteiger charge is 2.23. The molecule has 0 radical (unpaired) electrons. The van der Waals surface area contributed by atoms with Crippen LogP contribution in [-0.2, 0) is 9.84 Å². The SMILES string of the molecule is CCCNC(CS(=O)(=O)c1ccc(Br)cc1)C(C)C. The summed E-state index contributed by atoms with van der Waals surface area (Å²) in [4.78, 5) is 0.389. The van der Waals surface area contributed by atoms with Gasteiger partial charge in [0, 0.05) is 10.5 Å². The van der Waals surface area contributed by atoms with Crippen LogP contribution in [0.15, 0.2) is 33.6 Å². The summed E-state index contributed by atoms with van der Waals surface area (Å²) in [6, 6.07) is 6.81. The molecule has 1 rings (SSSR count). The van der Waals surface area contributed by atoms with Gasteiger partial charge in [-0.15, -0.1) is 0 Å². The van der Waals surface area contributed by atoms with E-state index in [1.165, 1.54) is 0 Å². The third kappa shape index (κ3) is 5.24. The number of rotatable bonds is 7. The third-order valence-corrected chi connectivity index (χ3v) is 5.35. The maximum absolute atomic E-state index is 12.4. The minimum absolute atomic E-state index is 0.00593. The summed E-state index contributed by atoms with van der Waals surface area (Å²) in [5, 5.41) is 3.32. The second-order valence-corrected chi connectivity index (χ2v) is 7.99. The Morgan fingerprint density at radius 2 is 1.79 bits per heavy atom. The van der Waals surface area contributed by atoms with Crippen molar-refractivity contribution < 1.29 is 8.42 Å². The van der Waals surface area contributed by atoms with Gasteiger partial charge in [-0.2, -0.15) is 0 Å². The van der Waals surface area contributed by atoms with Crippen molar-refractivity contribution in [3.63, 3.8) is 0 Å². The van der Waals surface area contributed by atoms with Crippen molar-refractivity contribution in [1.29, 1.82) is 0 Å². The third-order valence-electron chi connectivity index (χ3n) is 3.03. The molecule has 1 N–H and O–H groups in total. The molecule has 1 aromatic carbocycles. The van der Waals surface area contributed by atoms with Gasteiger partial charge >= 0.3 is 0 Å². The molecule has 3 nitrogen and oxygen atoms in total. The molecule has 0 aliphatic rings. The van der Waals surface area contributed by atoms with Crippen LogP contribution >= 0.6 is 15.9 Å². The molecule has 0 saturated carbocycles. The van der Waals surface area contributed by atoms with Crippen molar-refractivity contribution >= 4 is 25.8 Å². The maximum Gasteiger partial charge on any atom is 0.179 e. The first-order valence-electron chi connectivity index (χ1n) is 6.58. The van der Waals surface area contributed by atoms with Gasteiger partial charge in [0.1, 0.15) is 0 Å². The normalized spacial score (nSPS) is 13.7. The molecular weight excluding hydrogens is 326 g/mol. The van der Waals surface area contributed by atoms with Crippen molar-refractivity contribution in [2.45, 2.75) is 38.1 Å². The van der Waals surface area contributed by atoms with Crippen LogP contribution < -0.4 is 5.32 Å². The van der Waals surface area contributed by atoms with Crippen LogP contribution in [0.25, 0.3) is 0 Å². The van der Waals surface area contributed by atoms with E-state index < -0.39 is 9.84 Å². The Bertz CT molecular complexity index is 483. The average molecular weight is 348 g/mol. The topological polar surface area (TPSA) is 46.2 Å². The monoisotopic (exact) mass is 347 g/mol. The Hall–Kier alpha value is -0.390. The van der Waals surface area contributed by atoms with E-state index in [2.05, 4.69) is 28.2 Å². The maximum atomic E-state index is 12.4. The molecule has 108 valence electrons. The second-order valence-electron chi connectivity index (χ2n) is 5.04. The lowest BCUT2D eigenvalue weighted by atomic mass is 10.1. The quantitative estimate of drug-likeness (QED) is 0.823. The van der Waals surface area contributed by atoms with Crippen molar-refractivity contribution in [2.75, 3.05) is 12.3 Å². The molecule has 0 aromatic heterocycles. The van der Waals surface area contributed by atoms with Gasteiger partial charge in [-0.25, -0.2) is 8.42 Å². The lowest BCUT2D eigenvalue weighted by molar-refractivity contribution is 0.426. The minimum atomic E-state index is -3.24. The fourth-order valence-corrected chi connectivity index (χ4v) is 3.77. The standard InChI is InChI=1S/C14H22BrNO2S/c1-4-9-16-14(11(2)3)10-19(17,18)13-7-5-12(15)6-8-13/h5-8,11,14,16H,4,9-10H2,1-3H3. The van der Waals surface area contributed by atoms with E-state index in [0.717, 1.165) is 17.4 Å². The molecule has 1 unspecified atom stereocenters. The molecule has 0 heterocycles. The van der Waals surface area contributed by atoms with Gasteiger partial charge < -0.3 is 5.32 Å². The molecule has 0 aliphatic heterocycles. The molecule has 1 aromatic rings. The Morgan fingerprint density at radius 3 is 2.26 bits per heavy atom. The summed E-state index contributed by atoms with van der Waals surface area (Å²) in [6.45, 7) is 7.02. The van der Waals surface area contributed by atoms with E-state index in [-0.39, 0.29) is 17.7 Å². The molecule has 0 aliphatic carbocycles. The molecule has 0 bridgehead atoms. The van der Waals surface area contributed by atoms with Gasteiger partial charge in [-0.05, 0) is 43.1 Å². The zero-order valence-electron chi connectivity index (χ0n) is 11.7. The van der Waals surface area contributed by atoms with Crippen molar-refractivity contribution in [3.8, 4) is 0 Å². The Kier molecular flexibility index (Phi) is 6.50. The van der Waals surface area contributed by atoms with Crippen LogP contribution in [0.5, 0.6) is 0 Å². The number of sulfone groups is 1. The van der Waals surface area contributed by atoms with E-state index >= 15 is 0 Å². The van der Waals surface area contributed by atoms with Crippen LogP contribution in [0, 0.1) is 5.92 Å². The first kappa shape index (κ1) is 16.7. The zero-order valence-corrected chi connectivity index (χ0v) is 14.1. The summed E-state index contributed by atoms with van der Waals surface area (Å²) in [7, 11) is -3.24. The highest BCUT2D eigenvalue weighted by Crippen LogP contribution is 2.18. The molecule has 0 spiro atoms. The highest BCUT2D eigenvalue weighted by molar-refractivity contribution is 9.10. The summed E-state index contributed by atoms with van der Waals surface area (Å²) >= 11 is 3.31. The fourth-order valence-electron chi connectivity index (χ4n) is 1.79. The zero-order chi connectivity index (χ0) is 14.5. The number of nitrogens with one attached hydrogen (secondary N) is 1. The number of hydrogen-bond donors (Lipinski definition) is 1. The fraction of sp³-hybridized carbons (Fsp3) is 0.571. The van der Waals surface area contributed by atoms with Crippen molar-refractivity contribution in [1.82, 2.24) is 5.32 Å². The Morgan fingerprint density at radius 1 is 1.21 bits per heavy atom. The summed E-state index contributed by atoms with van der Waals surface area (Å²) in [6.07, 6.45) is 1.00. The van der Waals surface area contributed by atoms with Crippen LogP contribution in [0.1, 0.15) is 27.2 Å². The molecule has 0 fully saturated rings. The van der Waals surface area contributed by atoms with E-state index in [1.54, 1.807) is 24.3 Å². The second kappa shape index (κ2) is 7.41. The van der Waals surface area contributed by atoms with Crippen LogP contribution in [-0.4, -0.2) is 26.8 Å². The largest absolute Gasteiger partial charge is 0.313 e. The molecular formula is C14H22BrNO2S. The van der Waals surface area contributed by atoms with Gasteiger partial charge in [0.25, 0.3) is 0 Å². The van der Waals surface area contributed by atoms with Crippen LogP contribution in [0.3, 0.4) is 0 Å². The minimum Gasteiger partial charge on any atom is -0.313 e. The van der Waals surface area contributed by atoms with E-state index in [0.29, 0.717) is 4.90 Å². The average Bonchev–Trinajstić information content (AvgIpc) is 2.34. The molecule has 1 atom stereocenters. The van der Waals surface area contributed by atoms with E-state index in [1.807, 2.05) is 13.8 Å². The van der Waals surface area contributed by atoms with E-state index in [9.17, 15) is 8.42 Å². The predicted octanol–water partition coefficient (Wildman–Crippen LogP) is 3.25. The first-order valence-corrected chi connectivity index (χ1v) is 9.03. The van der Waals surface area contributed by atoms with Gasteiger partial charge in [-0.1, -0.05) is 36.7 Å². The van der Waals surface area contributed by atoms with Crippen molar-refractivity contribution in [3.05, 3.63) is 28.7 Å². The summed E-state index contributed by atoms with van der Waals surface area (Å²) in [5.41, 5.74) is 0. The summed E-state index contributed by atoms with van der Waals surface area (Å²) in [5.74, 6) is 0.434. The smallest absolute Gasteiger partial charge is 0.179 e. The van der Waals surface area contributed by atoms with Crippen LogP contribution in [0.4, 0.5) is 0 Å². The number of halogens is 1. The van der Waals surface area contributed by atoms with Gasteiger partial charge in [0.2, 0.25) is 0 Å². The molecule has 0 amide bonds. The lowest BCUT2D eigenvalue weighted by Crippen LogP contribution is -2.40. The van der Waals surface area contributed by atoms with E-state index in [4.69, 9.17) is 0 Å². The lowest BCUT2D eigenvalue weighted by Gasteiger charge is -2.22. The number of hydrogen-bond acceptors (Lipinski definition) is 3. The Labute approximate surface area is 124 Å². The van der Waals surface area contributed by atoms with Gasteiger partial charge in [0.05, 0.1) is 10.6 Å². The Balaban J connectivity index is 2.84. The van der Waals surface area contributed by atoms with Crippen molar-refractivity contribution in [2.24, 2.45) is 5.92 Å². The van der Waals surface area contributed by atoms with Crippen LogP contribution in [0.2, 0.25) is 0 Å². The summed E-state index contributed by atoms with van der Waals surface area (Å²) < 4.78 is 25.6. The molecule has 19 heavy (non-hydrogen) atoms. The molecule has 0 saturated heterocycles. The highest BCUT2D eigenvalue weighted by atomic mass is 79.9. The van der Waals surface area contributed by atoms with Gasteiger partial charge in [-0.3, -0.25) is 0 Å². The molecule has 5 heteroatoms. The number of benzene rings is 1. The first-order chi connectivity index (χ1) is 8.86. The predicted molar refractivity (Wildman–Crippen MR) is 83.1 cm³/mol. The van der Waals surface area contributed by atoms with Gasteiger partial charge in [0.15, 0.2) is 9.84 Å².